The molecule has 2 aromatic rings. The molecular weight excluding hydrogens is 329 g/mol. The molecule has 25 heavy (non-hydrogen) atoms. The van der Waals surface area contributed by atoms with Crippen molar-refractivity contribution in [3.8, 4) is 0 Å². The van der Waals surface area contributed by atoms with E-state index in [9.17, 15) is 4.57 Å². The minimum atomic E-state index is -3.09. The summed E-state index contributed by atoms with van der Waals surface area (Å²) in [6, 6.07) is 19.9. The maximum Gasteiger partial charge on any atom is 0.249 e. The van der Waals surface area contributed by atoms with Crippen LogP contribution in [0, 0.1) is 5.41 Å². The summed E-state index contributed by atoms with van der Waals surface area (Å²) in [5, 5.41) is 4.38. The Kier molecular flexibility index (Phi) is 6.62. The Morgan fingerprint density at radius 1 is 1.00 bits per heavy atom. The van der Waals surface area contributed by atoms with Crippen molar-refractivity contribution < 1.29 is 9.09 Å². The Hall–Kier alpha value is -1.41. The van der Waals surface area contributed by atoms with Gasteiger partial charge in [0.05, 0.1) is 12.4 Å². The summed E-state index contributed by atoms with van der Waals surface area (Å²) in [7, 11) is -3.09. The van der Waals surface area contributed by atoms with E-state index in [1.54, 1.807) is 0 Å². The molecule has 0 radical (unpaired) electrons. The Morgan fingerprint density at radius 2 is 1.52 bits per heavy atom. The van der Waals surface area contributed by atoms with Crippen LogP contribution in [-0.4, -0.2) is 12.4 Å². The van der Waals surface area contributed by atoms with Gasteiger partial charge in [0.25, 0.3) is 0 Å². The van der Waals surface area contributed by atoms with Gasteiger partial charge < -0.3 is 4.52 Å². The molecule has 0 saturated carbocycles. The molecule has 3 nitrogen and oxygen atoms in total. The zero-order valence-electron chi connectivity index (χ0n) is 15.9. The second kappa shape index (κ2) is 8.31. The Balaban J connectivity index is 2.42. The van der Waals surface area contributed by atoms with Crippen molar-refractivity contribution in [2.24, 2.45) is 5.41 Å². The number of hydrogen-bond donors (Lipinski definition) is 1. The molecule has 2 unspecified atom stereocenters. The second-order valence-corrected chi connectivity index (χ2v) is 9.90. The van der Waals surface area contributed by atoms with E-state index in [4.69, 9.17) is 4.52 Å². The molecule has 0 heterocycles. The highest BCUT2D eigenvalue weighted by Crippen LogP contribution is 2.56. The highest BCUT2D eigenvalue weighted by atomic mass is 31.2. The van der Waals surface area contributed by atoms with E-state index >= 15 is 0 Å². The number of nitrogens with one attached hydrogen (secondary N) is 1. The Morgan fingerprint density at radius 3 is 2.00 bits per heavy atom. The van der Waals surface area contributed by atoms with E-state index in [2.05, 4.69) is 45.1 Å². The van der Waals surface area contributed by atoms with Crippen molar-refractivity contribution in [3.63, 3.8) is 0 Å². The fourth-order valence-electron chi connectivity index (χ4n) is 3.06. The summed E-state index contributed by atoms with van der Waals surface area (Å²) in [6.07, 6.45) is 0. The molecule has 0 bridgehead atoms. The molecule has 0 amide bonds. The van der Waals surface area contributed by atoms with Gasteiger partial charge in [-0.1, -0.05) is 69.3 Å². The molecule has 136 valence electrons. The van der Waals surface area contributed by atoms with Gasteiger partial charge in [0, 0.05) is 11.3 Å². The summed E-state index contributed by atoms with van der Waals surface area (Å²) in [5.41, 5.74) is 0.941. The van der Waals surface area contributed by atoms with E-state index < -0.39 is 7.37 Å². The van der Waals surface area contributed by atoms with Crippen molar-refractivity contribution in [1.82, 2.24) is 5.32 Å². The zero-order valence-corrected chi connectivity index (χ0v) is 16.8. The van der Waals surface area contributed by atoms with Gasteiger partial charge in [-0.25, -0.2) is 0 Å². The second-order valence-electron chi connectivity index (χ2n) is 7.42. The lowest BCUT2D eigenvalue weighted by Crippen LogP contribution is -2.44. The van der Waals surface area contributed by atoms with Crippen LogP contribution < -0.4 is 10.6 Å². The topological polar surface area (TPSA) is 38.3 Å². The third-order valence-electron chi connectivity index (χ3n) is 4.30. The van der Waals surface area contributed by atoms with E-state index in [0.717, 1.165) is 5.30 Å². The van der Waals surface area contributed by atoms with Gasteiger partial charge in [-0.3, -0.25) is 9.88 Å². The van der Waals surface area contributed by atoms with E-state index in [1.165, 1.54) is 5.56 Å². The van der Waals surface area contributed by atoms with Crippen LogP contribution in [0.1, 0.15) is 46.2 Å². The lowest BCUT2D eigenvalue weighted by molar-refractivity contribution is 0.265. The summed E-state index contributed by atoms with van der Waals surface area (Å²) in [6.45, 7) is 10.7. The maximum atomic E-state index is 14.0. The van der Waals surface area contributed by atoms with Gasteiger partial charge >= 0.3 is 0 Å². The van der Waals surface area contributed by atoms with Gasteiger partial charge in [-0.15, -0.1) is 0 Å². The van der Waals surface area contributed by atoms with Crippen LogP contribution in [0.15, 0.2) is 60.7 Å². The van der Waals surface area contributed by atoms with Gasteiger partial charge in [-0.2, -0.15) is 0 Å². The lowest BCUT2D eigenvalue weighted by Gasteiger charge is -2.39. The van der Waals surface area contributed by atoms with Crippen molar-refractivity contribution in [2.75, 3.05) is 6.61 Å². The number of hydrogen-bond acceptors (Lipinski definition) is 3. The minimum absolute atomic E-state index is 0.0721. The molecule has 4 heteroatoms. The minimum Gasteiger partial charge on any atom is -0.325 e. The normalized spacial score (nSPS) is 16.8. The fraction of sp³-hybridized carbons (Fsp3) is 0.429. The van der Waals surface area contributed by atoms with Crippen LogP contribution >= 0.6 is 7.37 Å². The quantitative estimate of drug-likeness (QED) is 0.677. The molecule has 2 aromatic carbocycles. The SMILES string of the molecule is CCOP(=O)(c1ccccc1)C(N[C@@H](C)c1ccccc1)C(C)(C)C. The first-order valence-corrected chi connectivity index (χ1v) is 10.6. The van der Waals surface area contributed by atoms with Crippen LogP contribution in [-0.2, 0) is 9.09 Å². The molecule has 3 atom stereocenters. The average Bonchev–Trinajstić information content (AvgIpc) is 2.60. The first-order valence-electron chi connectivity index (χ1n) is 8.90. The largest absolute Gasteiger partial charge is 0.325 e. The molecule has 0 aromatic heterocycles. The average molecular weight is 359 g/mol. The monoisotopic (exact) mass is 359 g/mol. The van der Waals surface area contributed by atoms with Gasteiger partial charge in [0.1, 0.15) is 0 Å². The van der Waals surface area contributed by atoms with Crippen molar-refractivity contribution in [2.45, 2.75) is 46.4 Å². The lowest BCUT2D eigenvalue weighted by atomic mass is 9.95. The molecule has 0 aliphatic rings. The summed E-state index contributed by atoms with van der Waals surface area (Å²) >= 11 is 0. The van der Waals surface area contributed by atoms with Crippen molar-refractivity contribution in [3.05, 3.63) is 66.2 Å². The van der Waals surface area contributed by atoms with Crippen LogP contribution in [0.4, 0.5) is 0 Å². The van der Waals surface area contributed by atoms with Crippen LogP contribution in [0.25, 0.3) is 0 Å². The predicted octanol–water partition coefficient (Wildman–Crippen LogP) is 5.35. The van der Waals surface area contributed by atoms with Crippen LogP contribution in [0.5, 0.6) is 0 Å². The summed E-state index contributed by atoms with van der Waals surface area (Å²) in [4.78, 5) is 0. The van der Waals surface area contributed by atoms with Crippen LogP contribution in [0.3, 0.4) is 0 Å². The number of rotatable bonds is 7. The molecule has 1 N–H and O–H groups in total. The maximum absolute atomic E-state index is 14.0. The highest BCUT2D eigenvalue weighted by molar-refractivity contribution is 7.67. The molecule has 2 rings (SSSR count). The molecule has 0 aliphatic carbocycles. The molecule has 0 spiro atoms. The third-order valence-corrected chi connectivity index (χ3v) is 7.57. The van der Waals surface area contributed by atoms with Gasteiger partial charge in [0.15, 0.2) is 0 Å². The smallest absolute Gasteiger partial charge is 0.249 e. The molecule has 0 fully saturated rings. The first kappa shape index (κ1) is 19.9. The van der Waals surface area contributed by atoms with Crippen molar-refractivity contribution >= 4 is 12.7 Å². The Bertz CT molecular complexity index is 695. The molecule has 0 aliphatic heterocycles. The highest BCUT2D eigenvalue weighted by Gasteiger charge is 2.43. The zero-order chi connectivity index (χ0) is 18.5. The third kappa shape index (κ3) is 4.82. The molecular formula is C21H30NO2P. The van der Waals surface area contributed by atoms with Gasteiger partial charge in [-0.05, 0) is 37.0 Å². The van der Waals surface area contributed by atoms with E-state index in [-0.39, 0.29) is 17.2 Å². The number of benzene rings is 2. The summed E-state index contributed by atoms with van der Waals surface area (Å²) in [5.74, 6) is -0.294. The fourth-order valence-corrected chi connectivity index (χ4v) is 6.07. The predicted molar refractivity (Wildman–Crippen MR) is 107 cm³/mol. The van der Waals surface area contributed by atoms with Gasteiger partial charge in [0.2, 0.25) is 7.37 Å². The van der Waals surface area contributed by atoms with Crippen LogP contribution in [0.2, 0.25) is 0 Å². The first-order chi connectivity index (χ1) is 11.8. The van der Waals surface area contributed by atoms with E-state index in [1.807, 2.05) is 55.5 Å². The van der Waals surface area contributed by atoms with Crippen molar-refractivity contribution in [1.29, 1.82) is 0 Å². The summed E-state index contributed by atoms with van der Waals surface area (Å²) < 4.78 is 20.0. The standard InChI is InChI=1S/C21H30NO2P/c1-6-24-25(23,19-15-11-8-12-16-19)20(21(3,4)5)22-17(2)18-13-9-7-10-14-18/h7-17,20,22H,6H2,1-5H3/t17-,20?,25?/m0/s1. The Labute approximate surface area is 152 Å². The van der Waals surface area contributed by atoms with E-state index in [0.29, 0.717) is 6.61 Å². The molecule has 0 saturated heterocycles.